The quantitative estimate of drug-likeness (QED) is 0.0462. The van der Waals surface area contributed by atoms with Crippen LogP contribution >= 0.6 is 0 Å². The first kappa shape index (κ1) is 46.7. The van der Waals surface area contributed by atoms with Gasteiger partial charge in [0.2, 0.25) is 5.69 Å². The second kappa shape index (κ2) is 17.1. The number of carbonyl (C=O) groups is 1. The molecule has 0 aliphatic carbocycles. The van der Waals surface area contributed by atoms with Gasteiger partial charge >= 0.3 is 0 Å². The number of ether oxygens (including phenoxy) is 1. The smallest absolute Gasteiger partial charge is 0.298 e. The van der Waals surface area contributed by atoms with E-state index in [-0.39, 0.29) is 36.7 Å². The molecule has 0 amide bonds. The average Bonchev–Trinajstić information content (AvgIpc) is 3.52. The zero-order valence-electron chi connectivity index (χ0n) is 34.2. The third-order valence-corrected chi connectivity index (χ3v) is 14.7. The summed E-state index contributed by atoms with van der Waals surface area (Å²) in [7, 11) is -18.8. The first-order valence-electron chi connectivity index (χ1n) is 19.4. The summed E-state index contributed by atoms with van der Waals surface area (Å²) in [5.41, 5.74) is 2.49. The lowest BCUT2D eigenvalue weighted by atomic mass is 9.76. The van der Waals surface area contributed by atoms with Crippen LogP contribution in [0.2, 0.25) is 0 Å². The Balaban J connectivity index is 1.46. The Bertz CT molecular complexity index is 3080. The van der Waals surface area contributed by atoms with Gasteiger partial charge in [-0.05, 0) is 97.8 Å². The summed E-state index contributed by atoms with van der Waals surface area (Å²) in [6, 6.07) is 13.8. The number of rotatable bonds is 17. The van der Waals surface area contributed by atoms with Gasteiger partial charge in [0.1, 0.15) is 17.2 Å². The minimum absolute atomic E-state index is 0.0195. The Hall–Kier alpha value is -4.80. The molecule has 1 atom stereocenters. The monoisotopic (exact) mass is 930 g/mol. The maximum atomic E-state index is 12.5. The lowest BCUT2D eigenvalue weighted by molar-refractivity contribution is -0.437. The van der Waals surface area contributed by atoms with Crippen molar-refractivity contribution >= 4 is 85.6 Å². The van der Waals surface area contributed by atoms with Gasteiger partial charge in [-0.1, -0.05) is 43.7 Å². The van der Waals surface area contributed by atoms with Crippen LogP contribution in [0.15, 0.2) is 100 Å². The fourth-order valence-corrected chi connectivity index (χ4v) is 11.3. The Kier molecular flexibility index (Phi) is 12.8. The molecule has 20 heteroatoms. The first-order chi connectivity index (χ1) is 28.8. The molecule has 62 heavy (non-hydrogen) atoms. The van der Waals surface area contributed by atoms with Gasteiger partial charge < -0.3 is 14.2 Å². The van der Waals surface area contributed by atoms with Gasteiger partial charge in [0, 0.05) is 58.6 Å². The number of allylic oxidation sites excluding steroid dienone is 6. The standard InChI is InChI=1S/C42H46N2O14S4/c1-5-19-42(4)38(44(21-10-23-60(49,50)51)35-17-13-28-24-29(58-27-45)14-15-31(28)40(35)42)12-8-6-7-11-37-41(2,3)39-33-25-30(61(52,53)54)26-36(62(55,56)57)32(33)16-18-34(39)43(37)20-9-22-59(46,47)48/h6-8,11-18,24-27H,5,9-10,19-23H2,1-4H3,(H3-,46,47,48,49,50,51,52,53,54,55,56,57). The Morgan fingerprint density at radius 3 is 2.13 bits per heavy atom. The summed E-state index contributed by atoms with van der Waals surface area (Å²) >= 11 is 0. The number of hydrogen-bond donors (Lipinski definition) is 3. The summed E-state index contributed by atoms with van der Waals surface area (Å²) in [5.74, 6) is -0.764. The van der Waals surface area contributed by atoms with Gasteiger partial charge in [-0.3, -0.25) is 18.5 Å². The van der Waals surface area contributed by atoms with E-state index in [0.29, 0.717) is 41.7 Å². The van der Waals surface area contributed by atoms with E-state index in [4.69, 9.17) is 4.74 Å². The molecule has 0 radical (unpaired) electrons. The Morgan fingerprint density at radius 1 is 0.790 bits per heavy atom. The summed E-state index contributed by atoms with van der Waals surface area (Å²) in [6.45, 7) is 8.34. The van der Waals surface area contributed by atoms with Gasteiger partial charge in [0.05, 0.1) is 26.2 Å². The second-order valence-electron chi connectivity index (χ2n) is 15.9. The van der Waals surface area contributed by atoms with Gasteiger partial charge in [0.25, 0.3) is 36.8 Å². The van der Waals surface area contributed by atoms with Crippen LogP contribution in [-0.2, 0) is 56.1 Å². The maximum absolute atomic E-state index is 12.5. The molecule has 1 unspecified atom stereocenters. The van der Waals surface area contributed by atoms with Gasteiger partial charge in [-0.15, -0.1) is 0 Å². The van der Waals surface area contributed by atoms with Gasteiger partial charge in [-0.25, -0.2) is 8.42 Å². The highest BCUT2D eigenvalue weighted by Gasteiger charge is 2.47. The number of fused-ring (bicyclic) bond motifs is 6. The molecule has 4 aromatic carbocycles. The van der Waals surface area contributed by atoms with Crippen molar-refractivity contribution in [2.75, 3.05) is 29.5 Å². The van der Waals surface area contributed by atoms with Crippen molar-refractivity contribution in [3.05, 3.63) is 102 Å². The minimum Gasteiger partial charge on any atom is -0.748 e. The number of carbonyl (C=O) groups excluding carboxylic acids is 1. The predicted octanol–water partition coefficient (Wildman–Crippen LogP) is 6.19. The van der Waals surface area contributed by atoms with E-state index in [0.717, 1.165) is 40.2 Å². The van der Waals surface area contributed by atoms with E-state index in [2.05, 4.69) is 6.92 Å². The molecular formula is C42H46N2O14S4. The van der Waals surface area contributed by atoms with E-state index in [1.807, 2.05) is 36.1 Å². The number of anilines is 1. The maximum Gasteiger partial charge on any atom is 0.298 e. The van der Waals surface area contributed by atoms with E-state index in [1.165, 1.54) is 6.07 Å². The normalized spacial score (nSPS) is 18.8. The van der Waals surface area contributed by atoms with Crippen molar-refractivity contribution in [3.63, 3.8) is 0 Å². The van der Waals surface area contributed by atoms with Crippen molar-refractivity contribution in [3.8, 4) is 5.75 Å². The van der Waals surface area contributed by atoms with E-state index in [9.17, 15) is 56.7 Å². The highest BCUT2D eigenvalue weighted by atomic mass is 32.2. The first-order valence-corrected chi connectivity index (χ1v) is 25.5. The van der Waals surface area contributed by atoms with E-state index >= 15 is 0 Å². The van der Waals surface area contributed by atoms with Crippen molar-refractivity contribution < 1.29 is 66.0 Å². The van der Waals surface area contributed by atoms with Gasteiger partial charge in [0.15, 0.2) is 5.71 Å². The fraction of sp³-hybridized carbons (Fsp3) is 0.333. The molecular weight excluding hydrogens is 885 g/mol. The van der Waals surface area contributed by atoms with Crippen molar-refractivity contribution in [1.29, 1.82) is 0 Å². The van der Waals surface area contributed by atoms with Crippen LogP contribution in [0.3, 0.4) is 0 Å². The average molecular weight is 931 g/mol. The molecule has 3 N–H and O–H groups in total. The summed E-state index contributed by atoms with van der Waals surface area (Å²) in [6.07, 6.45) is 10.4. The van der Waals surface area contributed by atoms with Crippen molar-refractivity contribution in [2.24, 2.45) is 0 Å². The number of hydrogen-bond acceptors (Lipinski definition) is 12. The van der Waals surface area contributed by atoms with Crippen LogP contribution in [0.4, 0.5) is 11.4 Å². The summed E-state index contributed by atoms with van der Waals surface area (Å²) in [5, 5.41) is 1.80. The molecule has 332 valence electrons. The molecule has 0 aromatic heterocycles. The van der Waals surface area contributed by atoms with Crippen LogP contribution < -0.4 is 9.64 Å². The summed E-state index contributed by atoms with van der Waals surface area (Å²) < 4.78 is 144. The van der Waals surface area contributed by atoms with E-state index < -0.39 is 72.6 Å². The SMILES string of the molecule is CCCC1(C)\C(=C/C=C/C=C/C2=[N+](CCCS(=O)(=O)O)c3ccc4c(S(=O)(=O)O)cc(S(=O)(=O)O)cc4c3C2(C)C)N(CCCS(=O)(=O)[O-])c2ccc3cc(OC=O)ccc3c21. The highest BCUT2D eigenvalue weighted by Crippen LogP contribution is 2.53. The van der Waals surface area contributed by atoms with Gasteiger partial charge in [-0.2, -0.15) is 29.8 Å². The molecule has 0 bridgehead atoms. The molecule has 0 spiro atoms. The van der Waals surface area contributed by atoms with Crippen LogP contribution in [0.1, 0.15) is 64.5 Å². The lowest BCUT2D eigenvalue weighted by Crippen LogP contribution is -2.30. The van der Waals surface area contributed by atoms with Crippen molar-refractivity contribution in [1.82, 2.24) is 0 Å². The predicted molar refractivity (Wildman–Crippen MR) is 233 cm³/mol. The molecule has 2 heterocycles. The van der Waals surface area contributed by atoms with Crippen molar-refractivity contribution in [2.45, 2.75) is 74.0 Å². The zero-order chi connectivity index (χ0) is 45.6. The molecule has 6 rings (SSSR count). The molecule has 2 aliphatic rings. The Labute approximate surface area is 360 Å². The largest absolute Gasteiger partial charge is 0.748 e. The number of nitrogens with zero attached hydrogens (tertiary/aromatic N) is 2. The molecule has 0 fully saturated rings. The van der Waals surface area contributed by atoms with Crippen LogP contribution in [0.5, 0.6) is 5.75 Å². The topological polar surface area (TPSA) is 253 Å². The minimum atomic E-state index is -4.99. The van der Waals surface area contributed by atoms with Crippen LogP contribution in [-0.4, -0.2) is 93.2 Å². The molecule has 2 aliphatic heterocycles. The zero-order valence-corrected chi connectivity index (χ0v) is 37.4. The van der Waals surface area contributed by atoms with Crippen LogP contribution in [0, 0.1) is 0 Å². The van der Waals surface area contributed by atoms with E-state index in [1.54, 1.807) is 60.9 Å². The number of benzene rings is 4. The molecule has 0 saturated heterocycles. The van der Waals surface area contributed by atoms with Crippen LogP contribution in [0.25, 0.3) is 21.5 Å². The third kappa shape index (κ3) is 9.42. The third-order valence-electron chi connectivity index (χ3n) is 11.4. The summed E-state index contributed by atoms with van der Waals surface area (Å²) in [4.78, 5) is 11.6. The molecule has 4 aromatic rings. The second-order valence-corrected chi connectivity index (χ2v) is 21.8. The fourth-order valence-electron chi connectivity index (χ4n) is 8.96. The molecule has 16 nitrogen and oxygen atoms in total. The highest BCUT2D eigenvalue weighted by molar-refractivity contribution is 7.87. The molecule has 0 saturated carbocycles. The Morgan fingerprint density at radius 2 is 1.50 bits per heavy atom. The lowest BCUT2D eigenvalue weighted by Gasteiger charge is -2.30.